The molecule has 1 aliphatic heterocycles. The molecule has 0 radical (unpaired) electrons. The Bertz CT molecular complexity index is 404. The summed E-state index contributed by atoms with van der Waals surface area (Å²) in [5.74, 6) is -1.02. The number of hydrogen-bond acceptors (Lipinski definition) is 4. The predicted octanol–water partition coefficient (Wildman–Crippen LogP) is 0.657. The summed E-state index contributed by atoms with van der Waals surface area (Å²) in [7, 11) is 0. The van der Waals surface area contributed by atoms with Crippen LogP contribution in [0.2, 0.25) is 0 Å². The lowest BCUT2D eigenvalue weighted by molar-refractivity contribution is -0.137. The van der Waals surface area contributed by atoms with E-state index in [9.17, 15) is 4.79 Å². The minimum atomic E-state index is -0.709. The molecule has 0 spiro atoms. The van der Waals surface area contributed by atoms with Crippen LogP contribution in [0.5, 0.6) is 0 Å². The van der Waals surface area contributed by atoms with E-state index in [1.807, 2.05) is 13.0 Å². The number of rotatable bonds is 0. The zero-order chi connectivity index (χ0) is 10.1. The molecule has 0 saturated carbocycles. The van der Waals surface area contributed by atoms with Gasteiger partial charge in [-0.15, -0.1) is 0 Å². The van der Waals surface area contributed by atoms with Gasteiger partial charge in [0.1, 0.15) is 0 Å². The van der Waals surface area contributed by atoms with Crippen LogP contribution in [-0.4, -0.2) is 28.8 Å². The molecule has 1 atom stereocenters. The third-order valence-corrected chi connectivity index (χ3v) is 1.95. The van der Waals surface area contributed by atoms with Gasteiger partial charge in [0.15, 0.2) is 6.10 Å². The molecule has 5 heteroatoms. The van der Waals surface area contributed by atoms with Gasteiger partial charge in [-0.2, -0.15) is 0 Å². The summed E-state index contributed by atoms with van der Waals surface area (Å²) in [6.07, 6.45) is 4.91. The first-order chi connectivity index (χ1) is 6.70. The smallest absolute Gasteiger partial charge is 0.380 e. The minimum Gasteiger partial charge on any atom is -0.446 e. The van der Waals surface area contributed by atoms with Crippen molar-refractivity contribution in [2.24, 2.45) is 10.1 Å². The Kier molecular flexibility index (Phi) is 1.92. The van der Waals surface area contributed by atoms with Crippen LogP contribution >= 0.6 is 0 Å². The van der Waals surface area contributed by atoms with Gasteiger partial charge in [-0.3, -0.25) is 0 Å². The van der Waals surface area contributed by atoms with E-state index in [0.29, 0.717) is 5.71 Å². The summed E-state index contributed by atoms with van der Waals surface area (Å²) >= 11 is 0. The second kappa shape index (κ2) is 3.10. The molecular weight excluding hydrogens is 184 g/mol. The van der Waals surface area contributed by atoms with Crippen molar-refractivity contribution < 1.29 is 14.7 Å². The fraction of sp³-hybridized carbons (Fsp3) is 0.222. The zero-order valence-corrected chi connectivity index (χ0v) is 7.47. The Morgan fingerprint density at radius 1 is 1.64 bits per heavy atom. The number of amidine groups is 1. The quantitative estimate of drug-likeness (QED) is 0.348. The van der Waals surface area contributed by atoms with E-state index in [2.05, 4.69) is 10.1 Å². The predicted molar refractivity (Wildman–Crippen MR) is 49.4 cm³/mol. The van der Waals surface area contributed by atoms with E-state index in [4.69, 9.17) is 9.94 Å². The number of nitrogens with zero attached hydrogens (tertiary/aromatic N) is 2. The highest BCUT2D eigenvalue weighted by Gasteiger charge is 2.28. The van der Waals surface area contributed by atoms with Gasteiger partial charge in [0, 0.05) is 0 Å². The van der Waals surface area contributed by atoms with Gasteiger partial charge in [0.25, 0.3) is 5.84 Å². The first-order valence-electron chi connectivity index (χ1n) is 4.09. The molecule has 0 aromatic rings. The number of fused-ring (bicyclic) bond motifs is 1. The molecule has 14 heavy (non-hydrogen) atoms. The van der Waals surface area contributed by atoms with Crippen LogP contribution in [-0.2, 0) is 9.53 Å². The van der Waals surface area contributed by atoms with Gasteiger partial charge in [0.05, 0.1) is 5.71 Å². The molecule has 5 nitrogen and oxygen atoms in total. The topological polar surface area (TPSA) is 71.2 Å². The number of allylic oxidation sites excluding steroid dienone is 2. The molecular formula is C9H8N2O3. The van der Waals surface area contributed by atoms with Crippen LogP contribution in [0, 0.1) is 0 Å². The van der Waals surface area contributed by atoms with E-state index < -0.39 is 12.1 Å². The second-order valence-corrected chi connectivity index (χ2v) is 3.03. The highest BCUT2D eigenvalue weighted by atomic mass is 16.6. The third-order valence-electron chi connectivity index (χ3n) is 1.95. The van der Waals surface area contributed by atoms with Crippen LogP contribution < -0.4 is 0 Å². The summed E-state index contributed by atoms with van der Waals surface area (Å²) < 4.78 is 4.95. The van der Waals surface area contributed by atoms with E-state index >= 15 is 0 Å². The van der Waals surface area contributed by atoms with Crippen LogP contribution in [0.4, 0.5) is 0 Å². The van der Waals surface area contributed by atoms with Crippen LogP contribution in [0.1, 0.15) is 6.92 Å². The van der Waals surface area contributed by atoms with Crippen molar-refractivity contribution in [3.63, 3.8) is 0 Å². The molecule has 1 heterocycles. The normalized spacial score (nSPS) is 27.9. The van der Waals surface area contributed by atoms with Crippen molar-refractivity contribution in [1.29, 1.82) is 0 Å². The highest BCUT2D eigenvalue weighted by Crippen LogP contribution is 2.15. The Morgan fingerprint density at radius 2 is 2.43 bits per heavy atom. The molecule has 0 amide bonds. The number of esters is 1. The lowest BCUT2D eigenvalue weighted by Gasteiger charge is -2.21. The van der Waals surface area contributed by atoms with Crippen LogP contribution in [0.25, 0.3) is 0 Å². The number of ether oxygens (including phenoxy) is 1. The van der Waals surface area contributed by atoms with Crippen LogP contribution in [0.15, 0.2) is 33.9 Å². The number of carbonyl (C=O) groups excluding carboxylic acids is 1. The fourth-order valence-electron chi connectivity index (χ4n) is 1.30. The lowest BCUT2D eigenvalue weighted by Crippen LogP contribution is -2.35. The minimum absolute atomic E-state index is 0.310. The summed E-state index contributed by atoms with van der Waals surface area (Å²) in [5.41, 5.74) is 1.59. The first-order valence-corrected chi connectivity index (χ1v) is 4.09. The van der Waals surface area contributed by atoms with Crippen molar-refractivity contribution in [3.8, 4) is 0 Å². The van der Waals surface area contributed by atoms with Gasteiger partial charge < -0.3 is 9.94 Å². The average molecular weight is 192 g/mol. The van der Waals surface area contributed by atoms with Crippen molar-refractivity contribution in [3.05, 3.63) is 23.8 Å². The maximum Gasteiger partial charge on any atom is 0.380 e. The molecule has 0 saturated heterocycles. The molecule has 2 rings (SSSR count). The lowest BCUT2D eigenvalue weighted by atomic mass is 10.0. The summed E-state index contributed by atoms with van der Waals surface area (Å²) in [6.45, 7) is 1.90. The van der Waals surface area contributed by atoms with Gasteiger partial charge in [-0.1, -0.05) is 11.2 Å². The van der Waals surface area contributed by atoms with Crippen molar-refractivity contribution in [2.75, 3.05) is 0 Å². The Hall–Kier alpha value is -1.91. The van der Waals surface area contributed by atoms with Crippen molar-refractivity contribution in [2.45, 2.75) is 13.0 Å². The van der Waals surface area contributed by atoms with E-state index in [1.54, 1.807) is 12.2 Å². The van der Waals surface area contributed by atoms with Gasteiger partial charge in [0.2, 0.25) is 0 Å². The first kappa shape index (κ1) is 8.68. The SMILES string of the molecule is CC1=CC2=N/C(=N\O)C(=O)OC2C=C1. The van der Waals surface area contributed by atoms with Crippen molar-refractivity contribution in [1.82, 2.24) is 0 Å². The molecule has 0 aromatic heterocycles. The molecule has 72 valence electrons. The van der Waals surface area contributed by atoms with Crippen LogP contribution in [0.3, 0.4) is 0 Å². The number of carbonyl (C=O) groups is 1. The monoisotopic (exact) mass is 192 g/mol. The molecule has 1 N–H and O–H groups in total. The molecule has 1 unspecified atom stereocenters. The summed E-state index contributed by atoms with van der Waals surface area (Å²) in [6, 6.07) is 0. The van der Waals surface area contributed by atoms with E-state index in [0.717, 1.165) is 5.57 Å². The molecule has 2 aliphatic rings. The summed E-state index contributed by atoms with van der Waals surface area (Å²) in [5, 5.41) is 11.2. The molecule has 0 aromatic carbocycles. The van der Waals surface area contributed by atoms with Gasteiger partial charge >= 0.3 is 5.97 Å². The van der Waals surface area contributed by atoms with E-state index in [-0.39, 0.29) is 5.84 Å². The second-order valence-electron chi connectivity index (χ2n) is 3.03. The highest BCUT2D eigenvalue weighted by molar-refractivity contribution is 6.40. The Morgan fingerprint density at radius 3 is 3.14 bits per heavy atom. The third kappa shape index (κ3) is 1.32. The maximum absolute atomic E-state index is 11.1. The number of oxime groups is 1. The fourth-order valence-corrected chi connectivity index (χ4v) is 1.30. The van der Waals surface area contributed by atoms with Crippen molar-refractivity contribution >= 4 is 17.5 Å². The maximum atomic E-state index is 11.1. The number of aliphatic imine (C=N–C) groups is 1. The average Bonchev–Trinajstić information content (AvgIpc) is 2.17. The Balaban J connectivity index is 2.42. The van der Waals surface area contributed by atoms with Gasteiger partial charge in [-0.05, 0) is 24.6 Å². The number of hydrogen-bond donors (Lipinski definition) is 1. The molecule has 0 fully saturated rings. The zero-order valence-electron chi connectivity index (χ0n) is 7.47. The largest absolute Gasteiger partial charge is 0.446 e. The Labute approximate surface area is 80.1 Å². The molecule has 0 bridgehead atoms. The molecule has 1 aliphatic carbocycles. The van der Waals surface area contributed by atoms with Gasteiger partial charge in [-0.25, -0.2) is 9.79 Å². The standard InChI is InChI=1S/C9H8N2O3/c1-5-2-3-7-6(4-5)10-8(11-13)9(12)14-7/h2-4,7,13H,1H3/b11-8-. The van der Waals surface area contributed by atoms with E-state index in [1.165, 1.54) is 0 Å². The summed E-state index contributed by atoms with van der Waals surface area (Å²) in [4.78, 5) is 15.0.